The molecule has 3 aliphatic carbocycles. The zero-order valence-electron chi connectivity index (χ0n) is 12.5. The van der Waals surface area contributed by atoms with Crippen LogP contribution in [0.15, 0.2) is 30.3 Å². The van der Waals surface area contributed by atoms with E-state index in [4.69, 9.17) is 4.74 Å². The monoisotopic (exact) mass is 303 g/mol. The van der Waals surface area contributed by atoms with Crippen molar-refractivity contribution in [2.45, 2.75) is 44.8 Å². The van der Waals surface area contributed by atoms with Crippen molar-refractivity contribution in [1.82, 2.24) is 5.32 Å². The van der Waals surface area contributed by atoms with Gasteiger partial charge in [-0.1, -0.05) is 30.3 Å². The number of rotatable bonds is 4. The van der Waals surface area contributed by atoms with Gasteiger partial charge in [0, 0.05) is 6.04 Å². The van der Waals surface area contributed by atoms with Gasteiger partial charge in [-0.25, -0.2) is 4.79 Å². The number of ether oxygens (including phenoxy) is 1. The standard InChI is InChI=1S/C17H21NO4/c19-15(20)17-8-6-12(7-9-17)10-14(17)18-16(21)22-11-13-4-2-1-3-5-13/h1-5,12,14H,6-11H2,(H,18,21)(H,19,20). The topological polar surface area (TPSA) is 75.6 Å². The summed E-state index contributed by atoms with van der Waals surface area (Å²) in [6, 6.07) is 9.12. The Kier molecular flexibility index (Phi) is 4.05. The summed E-state index contributed by atoms with van der Waals surface area (Å²) in [5.74, 6) is -0.264. The zero-order chi connectivity index (χ0) is 15.6. The summed E-state index contributed by atoms with van der Waals surface area (Å²) in [5.41, 5.74) is 0.108. The highest BCUT2D eigenvalue weighted by Gasteiger charge is 2.53. The molecular weight excluding hydrogens is 282 g/mol. The Bertz CT molecular complexity index is 549. The van der Waals surface area contributed by atoms with Crippen molar-refractivity contribution in [3.05, 3.63) is 35.9 Å². The Morgan fingerprint density at radius 3 is 2.55 bits per heavy atom. The van der Waals surface area contributed by atoms with Crippen LogP contribution in [0.5, 0.6) is 0 Å². The van der Waals surface area contributed by atoms with Gasteiger partial charge < -0.3 is 15.2 Å². The minimum atomic E-state index is -0.805. The van der Waals surface area contributed by atoms with Crippen LogP contribution in [0.3, 0.4) is 0 Å². The number of benzene rings is 1. The van der Waals surface area contributed by atoms with Crippen molar-refractivity contribution in [2.75, 3.05) is 0 Å². The average molecular weight is 303 g/mol. The highest BCUT2D eigenvalue weighted by Crippen LogP contribution is 2.50. The third kappa shape index (κ3) is 2.80. The van der Waals surface area contributed by atoms with Crippen molar-refractivity contribution in [3.63, 3.8) is 0 Å². The van der Waals surface area contributed by atoms with E-state index in [9.17, 15) is 14.7 Å². The number of carbonyl (C=O) groups is 2. The lowest BCUT2D eigenvalue weighted by molar-refractivity contribution is -0.158. The smallest absolute Gasteiger partial charge is 0.407 e. The number of amides is 1. The first-order chi connectivity index (χ1) is 10.6. The summed E-state index contributed by atoms with van der Waals surface area (Å²) in [6.45, 7) is 0.197. The Morgan fingerprint density at radius 2 is 1.91 bits per heavy atom. The molecule has 0 aromatic heterocycles. The molecule has 1 unspecified atom stereocenters. The van der Waals surface area contributed by atoms with Crippen molar-refractivity contribution < 1.29 is 19.4 Å². The zero-order valence-corrected chi connectivity index (χ0v) is 12.5. The Hall–Kier alpha value is -2.04. The molecule has 22 heavy (non-hydrogen) atoms. The van der Waals surface area contributed by atoms with E-state index in [1.54, 1.807) is 0 Å². The van der Waals surface area contributed by atoms with Gasteiger partial charge in [0.2, 0.25) is 0 Å². The number of hydrogen-bond donors (Lipinski definition) is 2. The van der Waals surface area contributed by atoms with Crippen LogP contribution in [0.1, 0.15) is 37.7 Å². The van der Waals surface area contributed by atoms with E-state index in [1.807, 2.05) is 30.3 Å². The number of carbonyl (C=O) groups excluding carboxylic acids is 1. The number of hydrogen-bond acceptors (Lipinski definition) is 3. The molecule has 0 saturated heterocycles. The van der Waals surface area contributed by atoms with Gasteiger partial charge in [-0.3, -0.25) is 4.79 Å². The van der Waals surface area contributed by atoms with Crippen LogP contribution in [0.2, 0.25) is 0 Å². The van der Waals surface area contributed by atoms with Crippen LogP contribution in [-0.2, 0) is 16.1 Å². The molecule has 0 spiro atoms. The quantitative estimate of drug-likeness (QED) is 0.896. The van der Waals surface area contributed by atoms with Gasteiger partial charge in [-0.15, -0.1) is 0 Å². The molecule has 0 heterocycles. The minimum absolute atomic E-state index is 0.197. The van der Waals surface area contributed by atoms with E-state index in [2.05, 4.69) is 5.32 Å². The number of alkyl carbamates (subject to hydrolysis) is 1. The van der Waals surface area contributed by atoms with Crippen LogP contribution in [0.4, 0.5) is 4.79 Å². The predicted molar refractivity (Wildman–Crippen MR) is 80.2 cm³/mol. The summed E-state index contributed by atoms with van der Waals surface area (Å²) in [6.07, 6.45) is 3.41. The van der Waals surface area contributed by atoms with Crippen LogP contribution in [-0.4, -0.2) is 23.2 Å². The lowest BCUT2D eigenvalue weighted by Gasteiger charge is -2.49. The predicted octanol–water partition coefficient (Wildman–Crippen LogP) is 2.95. The second kappa shape index (κ2) is 5.99. The van der Waals surface area contributed by atoms with Gasteiger partial charge in [0.15, 0.2) is 0 Å². The summed E-state index contributed by atoms with van der Waals surface area (Å²) >= 11 is 0. The fourth-order valence-corrected chi connectivity index (χ4v) is 3.80. The second-order valence-electron chi connectivity index (χ2n) is 6.40. The first-order valence-electron chi connectivity index (χ1n) is 7.81. The molecule has 1 aromatic carbocycles. The summed E-state index contributed by atoms with van der Waals surface area (Å²) in [7, 11) is 0. The molecule has 5 nitrogen and oxygen atoms in total. The van der Waals surface area contributed by atoms with Crippen LogP contribution < -0.4 is 5.32 Å². The van der Waals surface area contributed by atoms with E-state index in [1.165, 1.54) is 0 Å². The molecule has 118 valence electrons. The first-order valence-corrected chi connectivity index (χ1v) is 7.81. The highest BCUT2D eigenvalue weighted by molar-refractivity contribution is 5.78. The van der Waals surface area contributed by atoms with Crippen molar-refractivity contribution >= 4 is 12.1 Å². The normalized spacial score (nSPS) is 29.8. The molecule has 1 aromatic rings. The van der Waals surface area contributed by atoms with Crippen LogP contribution in [0, 0.1) is 11.3 Å². The number of carboxylic acid groups (broad SMARTS) is 1. The van der Waals surface area contributed by atoms with Gasteiger partial charge in [-0.05, 0) is 43.6 Å². The van der Waals surface area contributed by atoms with Crippen LogP contribution >= 0.6 is 0 Å². The van der Waals surface area contributed by atoms with E-state index in [0.717, 1.165) is 24.8 Å². The lowest BCUT2D eigenvalue weighted by atomic mass is 9.58. The van der Waals surface area contributed by atoms with Crippen LogP contribution in [0.25, 0.3) is 0 Å². The third-order valence-electron chi connectivity index (χ3n) is 5.16. The van der Waals surface area contributed by atoms with Gasteiger partial charge in [0.1, 0.15) is 6.61 Å². The minimum Gasteiger partial charge on any atom is -0.481 e. The molecule has 0 aliphatic heterocycles. The first kappa shape index (κ1) is 14.9. The summed E-state index contributed by atoms with van der Waals surface area (Å²) in [5, 5.41) is 12.4. The Labute approximate surface area is 129 Å². The van der Waals surface area contributed by atoms with Gasteiger partial charge in [0.25, 0.3) is 0 Å². The summed E-state index contributed by atoms with van der Waals surface area (Å²) < 4.78 is 5.22. The second-order valence-corrected chi connectivity index (χ2v) is 6.40. The maximum atomic E-state index is 12.0. The van der Waals surface area contributed by atoms with Crippen molar-refractivity contribution in [2.24, 2.45) is 11.3 Å². The SMILES string of the molecule is O=C(NC1CC2CCC1(C(=O)O)CC2)OCc1ccccc1. The number of fused-ring (bicyclic) bond motifs is 3. The molecule has 0 radical (unpaired) electrons. The maximum absolute atomic E-state index is 12.0. The molecular formula is C17H21NO4. The fraction of sp³-hybridized carbons (Fsp3) is 0.529. The average Bonchev–Trinajstić information content (AvgIpc) is 2.55. The van der Waals surface area contributed by atoms with Crippen molar-refractivity contribution in [3.8, 4) is 0 Å². The van der Waals surface area contributed by atoms with E-state index < -0.39 is 17.5 Å². The Balaban J connectivity index is 1.60. The number of nitrogens with one attached hydrogen (secondary N) is 1. The number of aliphatic carboxylic acids is 1. The fourth-order valence-electron chi connectivity index (χ4n) is 3.80. The van der Waals surface area contributed by atoms with Crippen molar-refractivity contribution in [1.29, 1.82) is 0 Å². The van der Waals surface area contributed by atoms with Gasteiger partial charge in [0.05, 0.1) is 5.41 Å². The largest absolute Gasteiger partial charge is 0.481 e. The van der Waals surface area contributed by atoms with Gasteiger partial charge >= 0.3 is 12.1 Å². The summed E-state index contributed by atoms with van der Waals surface area (Å²) in [4.78, 5) is 23.7. The molecule has 2 N–H and O–H groups in total. The molecule has 5 heteroatoms. The molecule has 2 bridgehead atoms. The molecule has 3 aliphatic rings. The molecule has 3 fully saturated rings. The van der Waals surface area contributed by atoms with E-state index in [0.29, 0.717) is 18.8 Å². The van der Waals surface area contributed by atoms with E-state index >= 15 is 0 Å². The Morgan fingerprint density at radius 1 is 1.23 bits per heavy atom. The maximum Gasteiger partial charge on any atom is 0.407 e. The number of carboxylic acids is 1. The molecule has 1 atom stereocenters. The molecule has 4 rings (SSSR count). The third-order valence-corrected chi connectivity index (χ3v) is 5.16. The van der Waals surface area contributed by atoms with Gasteiger partial charge in [-0.2, -0.15) is 0 Å². The highest BCUT2D eigenvalue weighted by atomic mass is 16.5. The lowest BCUT2D eigenvalue weighted by Crippen LogP contribution is -2.58. The molecule has 1 amide bonds. The van der Waals surface area contributed by atoms with E-state index in [-0.39, 0.29) is 12.6 Å². The molecule has 3 saturated carbocycles.